The normalized spacial score (nSPS) is 14.6. The van der Waals surface area contributed by atoms with Crippen LogP contribution in [0.3, 0.4) is 0 Å². The predicted molar refractivity (Wildman–Crippen MR) is 130 cm³/mol. The van der Waals surface area contributed by atoms with E-state index in [2.05, 4.69) is 58.0 Å². The number of aryl methyl sites for hydroxylation is 2. The topological polar surface area (TPSA) is 59.7 Å². The van der Waals surface area contributed by atoms with Crippen LogP contribution < -0.4 is 10.5 Å². The van der Waals surface area contributed by atoms with E-state index in [1.54, 1.807) is 6.21 Å². The number of rotatable bonds is 6. The molecule has 0 saturated carbocycles. The molecule has 31 heavy (non-hydrogen) atoms. The van der Waals surface area contributed by atoms with Gasteiger partial charge in [-0.1, -0.05) is 35.3 Å². The number of hydrogen-bond acceptors (Lipinski definition) is 5. The SMILES string of the molecule is CCCCc1nc2ccc(Br)cc2c(=O)n1N=Cc1ccc(N2CCOCC2)cc1C. The fourth-order valence-electron chi connectivity index (χ4n) is 3.75. The smallest absolute Gasteiger partial charge is 0.282 e. The lowest BCUT2D eigenvalue weighted by Crippen LogP contribution is -2.36. The Bertz CT molecular complexity index is 1170. The average molecular weight is 483 g/mol. The number of halogens is 1. The highest BCUT2D eigenvalue weighted by Crippen LogP contribution is 2.20. The van der Waals surface area contributed by atoms with Crippen molar-refractivity contribution in [2.75, 3.05) is 31.2 Å². The van der Waals surface area contributed by atoms with Crippen molar-refractivity contribution in [3.63, 3.8) is 0 Å². The van der Waals surface area contributed by atoms with Gasteiger partial charge in [-0.15, -0.1) is 0 Å². The molecule has 7 heteroatoms. The zero-order valence-electron chi connectivity index (χ0n) is 18.0. The highest BCUT2D eigenvalue weighted by molar-refractivity contribution is 9.10. The number of hydrogen-bond donors (Lipinski definition) is 0. The maximum atomic E-state index is 13.2. The lowest BCUT2D eigenvalue weighted by Gasteiger charge is -2.29. The van der Waals surface area contributed by atoms with E-state index in [-0.39, 0.29) is 5.56 Å². The fourth-order valence-corrected chi connectivity index (χ4v) is 4.11. The minimum absolute atomic E-state index is 0.142. The van der Waals surface area contributed by atoms with Gasteiger partial charge in [0.1, 0.15) is 5.82 Å². The Kier molecular flexibility index (Phi) is 6.83. The highest BCUT2D eigenvalue weighted by Gasteiger charge is 2.13. The maximum absolute atomic E-state index is 13.2. The lowest BCUT2D eigenvalue weighted by atomic mass is 10.1. The molecule has 1 aromatic heterocycles. The first kappa shape index (κ1) is 21.7. The molecule has 6 nitrogen and oxygen atoms in total. The van der Waals surface area contributed by atoms with Crippen LogP contribution in [-0.2, 0) is 11.2 Å². The number of aromatic nitrogens is 2. The first-order valence-electron chi connectivity index (χ1n) is 10.8. The molecule has 0 amide bonds. The number of morpholine rings is 1. The second kappa shape index (κ2) is 9.75. The Balaban J connectivity index is 1.69. The summed E-state index contributed by atoms with van der Waals surface area (Å²) in [6.07, 6.45) is 4.46. The van der Waals surface area contributed by atoms with Gasteiger partial charge in [-0.3, -0.25) is 4.79 Å². The van der Waals surface area contributed by atoms with E-state index in [0.717, 1.165) is 54.7 Å². The zero-order valence-corrected chi connectivity index (χ0v) is 19.6. The summed E-state index contributed by atoms with van der Waals surface area (Å²) in [6, 6.07) is 11.9. The minimum atomic E-state index is -0.142. The Morgan fingerprint density at radius 1 is 1.19 bits per heavy atom. The van der Waals surface area contributed by atoms with Crippen LogP contribution in [0.5, 0.6) is 0 Å². The molecule has 0 atom stereocenters. The molecule has 162 valence electrons. The third-order valence-corrected chi connectivity index (χ3v) is 6.06. The standard InChI is InChI=1S/C24H27BrN4O2/c1-3-4-5-23-27-22-9-7-19(25)15-21(22)24(30)29(23)26-16-18-6-8-20(14-17(18)2)28-10-12-31-13-11-28/h6-9,14-16H,3-5,10-13H2,1-2H3. The van der Waals surface area contributed by atoms with Crippen molar-refractivity contribution in [1.82, 2.24) is 9.66 Å². The molecule has 1 saturated heterocycles. The maximum Gasteiger partial charge on any atom is 0.282 e. The van der Waals surface area contributed by atoms with Crippen molar-refractivity contribution in [3.05, 3.63) is 68.2 Å². The second-order valence-corrected chi connectivity index (χ2v) is 8.71. The number of benzene rings is 2. The van der Waals surface area contributed by atoms with Crippen molar-refractivity contribution >= 4 is 38.7 Å². The largest absolute Gasteiger partial charge is 0.378 e. The van der Waals surface area contributed by atoms with Gasteiger partial charge in [-0.05, 0) is 54.8 Å². The molecule has 0 radical (unpaired) electrons. The Labute approximate surface area is 190 Å². The monoisotopic (exact) mass is 482 g/mol. The highest BCUT2D eigenvalue weighted by atomic mass is 79.9. The van der Waals surface area contributed by atoms with Gasteiger partial charge >= 0.3 is 0 Å². The van der Waals surface area contributed by atoms with Gasteiger partial charge < -0.3 is 9.64 Å². The number of ether oxygens (including phenoxy) is 1. The number of fused-ring (bicyclic) bond motifs is 1. The number of nitrogens with zero attached hydrogens (tertiary/aromatic N) is 4. The summed E-state index contributed by atoms with van der Waals surface area (Å²) >= 11 is 3.45. The molecule has 0 N–H and O–H groups in total. The van der Waals surface area contributed by atoms with Crippen LogP contribution in [0.15, 0.2) is 50.8 Å². The third kappa shape index (κ3) is 4.88. The van der Waals surface area contributed by atoms with Gasteiger partial charge in [0.15, 0.2) is 0 Å². The van der Waals surface area contributed by atoms with Crippen molar-refractivity contribution in [1.29, 1.82) is 0 Å². The first-order chi connectivity index (χ1) is 15.1. The van der Waals surface area contributed by atoms with Crippen LogP contribution in [0, 0.1) is 6.92 Å². The van der Waals surface area contributed by atoms with Crippen molar-refractivity contribution < 1.29 is 4.74 Å². The van der Waals surface area contributed by atoms with Gasteiger partial charge in [0.2, 0.25) is 0 Å². The van der Waals surface area contributed by atoms with Crippen LogP contribution in [0.2, 0.25) is 0 Å². The summed E-state index contributed by atoms with van der Waals surface area (Å²) in [5.41, 5.74) is 3.86. The van der Waals surface area contributed by atoms with Crippen molar-refractivity contribution in [2.24, 2.45) is 5.10 Å². The minimum Gasteiger partial charge on any atom is -0.378 e. The first-order valence-corrected chi connectivity index (χ1v) is 11.5. The van der Waals surface area contributed by atoms with Crippen LogP contribution in [-0.4, -0.2) is 42.2 Å². The molecule has 0 aliphatic carbocycles. The Morgan fingerprint density at radius 3 is 2.74 bits per heavy atom. The molecular weight excluding hydrogens is 456 g/mol. The Morgan fingerprint density at radius 2 is 2.00 bits per heavy atom. The van der Waals surface area contributed by atoms with E-state index in [1.807, 2.05) is 18.2 Å². The fraction of sp³-hybridized carbons (Fsp3) is 0.375. The summed E-state index contributed by atoms with van der Waals surface area (Å²) in [5, 5.41) is 5.14. The van der Waals surface area contributed by atoms with E-state index in [0.29, 0.717) is 23.1 Å². The summed E-state index contributed by atoms with van der Waals surface area (Å²) in [5.74, 6) is 0.695. The van der Waals surface area contributed by atoms with E-state index < -0.39 is 0 Å². The summed E-state index contributed by atoms with van der Waals surface area (Å²) in [4.78, 5) is 20.3. The van der Waals surface area contributed by atoms with E-state index in [9.17, 15) is 4.79 Å². The van der Waals surface area contributed by atoms with Crippen molar-refractivity contribution in [3.8, 4) is 0 Å². The number of anilines is 1. The molecule has 0 unspecified atom stereocenters. The second-order valence-electron chi connectivity index (χ2n) is 7.79. The zero-order chi connectivity index (χ0) is 21.8. The number of unbranched alkanes of at least 4 members (excludes halogenated alkanes) is 1. The Hall–Kier alpha value is -2.51. The molecule has 4 rings (SSSR count). The van der Waals surface area contributed by atoms with Crippen LogP contribution in [0.25, 0.3) is 10.9 Å². The molecule has 1 aliphatic rings. The van der Waals surface area contributed by atoms with Gasteiger partial charge in [0.25, 0.3) is 5.56 Å². The van der Waals surface area contributed by atoms with Crippen LogP contribution in [0.4, 0.5) is 5.69 Å². The van der Waals surface area contributed by atoms with Gasteiger partial charge in [0.05, 0.1) is 30.3 Å². The molecular formula is C24H27BrN4O2. The average Bonchev–Trinajstić information content (AvgIpc) is 2.79. The molecule has 1 fully saturated rings. The molecule has 2 heterocycles. The van der Waals surface area contributed by atoms with E-state index in [1.165, 1.54) is 10.4 Å². The van der Waals surface area contributed by atoms with E-state index >= 15 is 0 Å². The molecule has 1 aliphatic heterocycles. The predicted octanol–water partition coefficient (Wildman–Crippen LogP) is 4.53. The summed E-state index contributed by atoms with van der Waals surface area (Å²) in [7, 11) is 0. The molecule has 0 bridgehead atoms. The third-order valence-electron chi connectivity index (χ3n) is 5.57. The lowest BCUT2D eigenvalue weighted by molar-refractivity contribution is 0.122. The van der Waals surface area contributed by atoms with E-state index in [4.69, 9.17) is 9.72 Å². The summed E-state index contributed by atoms with van der Waals surface area (Å²) < 4.78 is 7.76. The van der Waals surface area contributed by atoms with Crippen molar-refractivity contribution in [2.45, 2.75) is 33.1 Å². The summed E-state index contributed by atoms with van der Waals surface area (Å²) in [6.45, 7) is 7.53. The van der Waals surface area contributed by atoms with Gasteiger partial charge in [0, 0.05) is 29.7 Å². The quantitative estimate of drug-likeness (QED) is 0.484. The van der Waals surface area contributed by atoms with Gasteiger partial charge in [-0.25, -0.2) is 4.98 Å². The van der Waals surface area contributed by atoms with Crippen LogP contribution >= 0.6 is 15.9 Å². The molecule has 3 aromatic rings. The van der Waals surface area contributed by atoms with Crippen LogP contribution in [0.1, 0.15) is 36.7 Å². The van der Waals surface area contributed by atoms with Gasteiger partial charge in [-0.2, -0.15) is 9.78 Å². The molecule has 0 spiro atoms. The molecule has 2 aromatic carbocycles.